The van der Waals surface area contributed by atoms with Crippen molar-refractivity contribution in [2.75, 3.05) is 5.75 Å². The zero-order valence-electron chi connectivity index (χ0n) is 10.8. The van der Waals surface area contributed by atoms with Crippen LogP contribution in [0.4, 0.5) is 0 Å². The summed E-state index contributed by atoms with van der Waals surface area (Å²) in [4.78, 5) is 12.6. The third-order valence-corrected chi connectivity index (χ3v) is 3.33. The van der Waals surface area contributed by atoms with Gasteiger partial charge >= 0.3 is 5.97 Å². The minimum atomic E-state index is -0.450. The molecule has 5 heteroatoms. The Morgan fingerprint density at radius 3 is 2.67 bits per heavy atom. The smallest absolute Gasteiger partial charge is 0.316 e. The molecule has 0 saturated heterocycles. The molecule has 1 aromatic carbocycles. The van der Waals surface area contributed by atoms with Crippen molar-refractivity contribution < 1.29 is 9.53 Å². The van der Waals surface area contributed by atoms with E-state index in [1.165, 1.54) is 11.8 Å². The Morgan fingerprint density at radius 1 is 1.44 bits per heavy atom. The molecule has 2 N–H and O–H groups in total. The molecule has 18 heavy (non-hydrogen) atoms. The van der Waals surface area contributed by atoms with E-state index < -0.39 is 5.60 Å². The van der Waals surface area contributed by atoms with Gasteiger partial charge in [0.2, 0.25) is 0 Å². The van der Waals surface area contributed by atoms with Crippen molar-refractivity contribution >= 4 is 29.3 Å². The molecule has 100 valence electrons. The van der Waals surface area contributed by atoms with Crippen LogP contribution >= 0.6 is 23.4 Å². The summed E-state index contributed by atoms with van der Waals surface area (Å²) in [6.45, 7) is 5.95. The molecular weight excluding hydrogens is 270 g/mol. The number of ether oxygens (including phenoxy) is 1. The molecule has 0 spiro atoms. The topological polar surface area (TPSA) is 52.3 Å². The van der Waals surface area contributed by atoms with Crippen molar-refractivity contribution in [3.63, 3.8) is 0 Å². The fraction of sp³-hybridized carbons (Fsp3) is 0.462. The first-order valence-electron chi connectivity index (χ1n) is 5.65. The van der Waals surface area contributed by atoms with Crippen LogP contribution in [0.1, 0.15) is 26.3 Å². The number of thioether (sulfide) groups is 1. The van der Waals surface area contributed by atoms with Crippen LogP contribution < -0.4 is 5.73 Å². The van der Waals surface area contributed by atoms with Crippen LogP contribution in [0.2, 0.25) is 5.02 Å². The number of hydrogen-bond donors (Lipinski definition) is 1. The minimum absolute atomic E-state index is 0.231. The number of carbonyl (C=O) groups excluding carboxylic acids is 1. The average Bonchev–Trinajstić information content (AvgIpc) is 2.24. The van der Waals surface area contributed by atoms with Gasteiger partial charge in [-0.3, -0.25) is 4.79 Å². The maximum absolute atomic E-state index is 11.6. The summed E-state index contributed by atoms with van der Waals surface area (Å²) < 4.78 is 5.24. The Balaban J connectivity index is 2.61. The first-order chi connectivity index (χ1) is 8.31. The molecule has 0 aliphatic carbocycles. The summed E-state index contributed by atoms with van der Waals surface area (Å²) in [6, 6.07) is 5.48. The Morgan fingerprint density at radius 2 is 2.11 bits per heavy atom. The number of hydrogen-bond acceptors (Lipinski definition) is 4. The minimum Gasteiger partial charge on any atom is -0.459 e. The van der Waals surface area contributed by atoms with E-state index in [0.29, 0.717) is 11.6 Å². The van der Waals surface area contributed by atoms with Crippen molar-refractivity contribution in [1.82, 2.24) is 0 Å². The molecule has 0 saturated carbocycles. The third kappa shape index (κ3) is 5.29. The monoisotopic (exact) mass is 287 g/mol. The summed E-state index contributed by atoms with van der Waals surface area (Å²) in [5, 5.41) is 0.650. The number of rotatable bonds is 4. The molecule has 0 unspecified atom stereocenters. The highest BCUT2D eigenvalue weighted by molar-refractivity contribution is 8.00. The van der Waals surface area contributed by atoms with Crippen LogP contribution in [-0.4, -0.2) is 17.3 Å². The first kappa shape index (κ1) is 15.3. The van der Waals surface area contributed by atoms with Crippen LogP contribution in [-0.2, 0) is 16.1 Å². The predicted molar refractivity (Wildman–Crippen MR) is 75.9 cm³/mol. The van der Waals surface area contributed by atoms with Crippen LogP contribution in [0.25, 0.3) is 0 Å². The quantitative estimate of drug-likeness (QED) is 0.682. The molecule has 0 aliphatic rings. The summed E-state index contributed by atoms with van der Waals surface area (Å²) in [5.74, 6) is 0.0387. The highest BCUT2D eigenvalue weighted by atomic mass is 35.5. The molecule has 0 atom stereocenters. The summed E-state index contributed by atoms with van der Waals surface area (Å²) >= 11 is 7.30. The lowest BCUT2D eigenvalue weighted by atomic mass is 10.2. The highest BCUT2D eigenvalue weighted by Crippen LogP contribution is 2.26. The lowest BCUT2D eigenvalue weighted by molar-refractivity contribution is -0.151. The van der Waals surface area contributed by atoms with Crippen molar-refractivity contribution in [2.45, 2.75) is 37.8 Å². The number of esters is 1. The molecular formula is C13H18ClNO2S. The van der Waals surface area contributed by atoms with Crippen molar-refractivity contribution in [3.05, 3.63) is 28.8 Å². The standard InChI is InChI=1S/C13H18ClNO2S/c1-13(2,3)17-12(16)8-18-11-5-4-10(14)6-9(11)7-15/h4-6H,7-8,15H2,1-3H3. The van der Waals surface area contributed by atoms with Crippen LogP contribution in [0, 0.1) is 0 Å². The normalized spacial score (nSPS) is 11.4. The van der Waals surface area contributed by atoms with Crippen LogP contribution in [0.15, 0.2) is 23.1 Å². The fourth-order valence-electron chi connectivity index (χ4n) is 1.36. The number of halogens is 1. The van der Waals surface area contributed by atoms with E-state index in [-0.39, 0.29) is 11.7 Å². The van der Waals surface area contributed by atoms with Gasteiger partial charge in [0.1, 0.15) is 5.60 Å². The zero-order chi connectivity index (χ0) is 13.8. The summed E-state index contributed by atoms with van der Waals surface area (Å²) in [7, 11) is 0. The van der Waals surface area contributed by atoms with Crippen LogP contribution in [0.3, 0.4) is 0 Å². The number of carbonyl (C=O) groups is 1. The fourth-order valence-corrected chi connectivity index (χ4v) is 2.37. The Labute approximate surface area is 117 Å². The summed E-state index contributed by atoms with van der Waals surface area (Å²) in [5.41, 5.74) is 6.13. The van der Waals surface area contributed by atoms with Crippen LogP contribution in [0.5, 0.6) is 0 Å². The van der Waals surface area contributed by atoms with E-state index in [1.807, 2.05) is 32.9 Å². The first-order valence-corrected chi connectivity index (χ1v) is 7.01. The molecule has 1 rings (SSSR count). The van der Waals surface area contributed by atoms with E-state index in [9.17, 15) is 4.79 Å². The molecule has 0 radical (unpaired) electrons. The van der Waals surface area contributed by atoms with E-state index in [4.69, 9.17) is 22.1 Å². The number of benzene rings is 1. The second-order valence-electron chi connectivity index (χ2n) is 4.83. The lowest BCUT2D eigenvalue weighted by Crippen LogP contribution is -2.24. The zero-order valence-corrected chi connectivity index (χ0v) is 12.4. The van der Waals surface area contributed by atoms with Gasteiger partial charge in [-0.05, 0) is 44.5 Å². The van der Waals surface area contributed by atoms with Gasteiger partial charge in [0.05, 0.1) is 5.75 Å². The Hall–Kier alpha value is -0.710. The van der Waals surface area contributed by atoms with Crippen molar-refractivity contribution in [3.8, 4) is 0 Å². The molecule has 0 amide bonds. The Bertz CT molecular complexity index is 429. The molecule has 1 aromatic rings. The van der Waals surface area contributed by atoms with E-state index in [2.05, 4.69) is 0 Å². The second-order valence-corrected chi connectivity index (χ2v) is 6.28. The molecule has 0 bridgehead atoms. The van der Waals surface area contributed by atoms with E-state index in [1.54, 1.807) is 6.07 Å². The van der Waals surface area contributed by atoms with Gasteiger partial charge in [-0.15, -0.1) is 11.8 Å². The third-order valence-electron chi connectivity index (χ3n) is 2.01. The average molecular weight is 288 g/mol. The van der Waals surface area contributed by atoms with Gasteiger partial charge in [0.25, 0.3) is 0 Å². The molecule has 0 aliphatic heterocycles. The van der Waals surface area contributed by atoms with Crippen molar-refractivity contribution in [1.29, 1.82) is 0 Å². The van der Waals surface area contributed by atoms with Gasteiger partial charge in [0.15, 0.2) is 0 Å². The molecule has 0 fully saturated rings. The van der Waals surface area contributed by atoms with E-state index >= 15 is 0 Å². The van der Waals surface area contributed by atoms with E-state index in [0.717, 1.165) is 10.5 Å². The maximum Gasteiger partial charge on any atom is 0.316 e. The highest BCUT2D eigenvalue weighted by Gasteiger charge is 2.16. The van der Waals surface area contributed by atoms with Gasteiger partial charge in [-0.25, -0.2) is 0 Å². The second kappa shape index (κ2) is 6.45. The maximum atomic E-state index is 11.6. The SMILES string of the molecule is CC(C)(C)OC(=O)CSc1ccc(Cl)cc1CN. The summed E-state index contributed by atoms with van der Waals surface area (Å²) in [6.07, 6.45) is 0. The van der Waals surface area contributed by atoms with Gasteiger partial charge < -0.3 is 10.5 Å². The molecule has 0 heterocycles. The predicted octanol–water partition coefficient (Wildman–Crippen LogP) is 3.23. The van der Waals surface area contributed by atoms with Gasteiger partial charge in [0, 0.05) is 16.5 Å². The molecule has 3 nitrogen and oxygen atoms in total. The van der Waals surface area contributed by atoms with Gasteiger partial charge in [-0.2, -0.15) is 0 Å². The van der Waals surface area contributed by atoms with Gasteiger partial charge in [-0.1, -0.05) is 11.6 Å². The largest absolute Gasteiger partial charge is 0.459 e. The van der Waals surface area contributed by atoms with Crippen molar-refractivity contribution in [2.24, 2.45) is 5.73 Å². The Kier molecular flexibility index (Phi) is 5.50. The molecule has 0 aromatic heterocycles. The number of nitrogens with two attached hydrogens (primary N) is 1. The lowest BCUT2D eigenvalue weighted by Gasteiger charge is -2.19.